The van der Waals surface area contributed by atoms with Crippen LogP contribution in [-0.4, -0.2) is 0 Å². The Morgan fingerprint density at radius 2 is 0.939 bits per heavy atom. The van der Waals surface area contributed by atoms with E-state index in [0.29, 0.717) is 0 Å². The summed E-state index contributed by atoms with van der Waals surface area (Å²) in [5.74, 6) is 0. The van der Waals surface area contributed by atoms with E-state index in [0.717, 1.165) is 11.4 Å². The van der Waals surface area contributed by atoms with Crippen molar-refractivity contribution in [3.63, 3.8) is 0 Å². The van der Waals surface area contributed by atoms with Gasteiger partial charge in [-0.15, -0.1) is 0 Å². The van der Waals surface area contributed by atoms with Crippen molar-refractivity contribution >= 4 is 11.4 Å². The molecule has 0 aromatic heterocycles. The Hall–Kier alpha value is -3.32. The Kier molecular flexibility index (Phi) is 5.37. The number of benzene rings is 4. The third-order valence-electron chi connectivity index (χ3n) is 7.35. The fourth-order valence-electron chi connectivity index (χ4n) is 5.06. The van der Waals surface area contributed by atoms with E-state index in [1.165, 1.54) is 46.2 Å². The Morgan fingerprint density at radius 3 is 1.52 bits per heavy atom. The highest BCUT2D eigenvalue weighted by atomic mass is 14.9. The van der Waals surface area contributed by atoms with Crippen LogP contribution in [0.2, 0.25) is 0 Å². The minimum Gasteiger partial charge on any atom is -0.356 e. The summed E-state index contributed by atoms with van der Waals surface area (Å²) in [6, 6.07) is 35.0. The summed E-state index contributed by atoms with van der Waals surface area (Å²) in [5, 5.41) is 3.54. The lowest BCUT2D eigenvalue weighted by Gasteiger charge is -2.42. The molecular weight excluding hydrogens is 398 g/mol. The second kappa shape index (κ2) is 8.23. The van der Waals surface area contributed by atoms with Crippen LogP contribution < -0.4 is 5.32 Å². The Bertz CT molecular complexity index is 1250. The monoisotopic (exact) mass is 431 g/mol. The molecule has 0 amide bonds. The van der Waals surface area contributed by atoms with Gasteiger partial charge in [-0.25, -0.2) is 0 Å². The van der Waals surface area contributed by atoms with Gasteiger partial charge in [0.05, 0.1) is 0 Å². The maximum absolute atomic E-state index is 3.54. The number of fused-ring (bicyclic) bond motifs is 1. The van der Waals surface area contributed by atoms with Gasteiger partial charge in [0, 0.05) is 11.4 Å². The first kappa shape index (κ1) is 21.5. The first-order valence-corrected chi connectivity index (χ1v) is 12.0. The highest BCUT2D eigenvalue weighted by Crippen LogP contribution is 2.46. The van der Waals surface area contributed by atoms with Crippen LogP contribution >= 0.6 is 0 Å². The molecule has 1 N–H and O–H groups in total. The summed E-state index contributed by atoms with van der Waals surface area (Å²) in [6.07, 6.45) is 2.49. The molecule has 0 unspecified atom stereocenters. The number of rotatable bonds is 4. The Morgan fingerprint density at radius 1 is 0.485 bits per heavy atom. The van der Waals surface area contributed by atoms with E-state index in [2.05, 4.69) is 130 Å². The largest absolute Gasteiger partial charge is 0.356 e. The molecule has 0 fully saturated rings. The van der Waals surface area contributed by atoms with Crippen molar-refractivity contribution in [2.24, 2.45) is 0 Å². The van der Waals surface area contributed by atoms with Crippen LogP contribution in [0.3, 0.4) is 0 Å². The van der Waals surface area contributed by atoms with Crippen LogP contribution in [0, 0.1) is 0 Å². The average Bonchev–Trinajstić information content (AvgIpc) is 2.83. The summed E-state index contributed by atoms with van der Waals surface area (Å²) in [5.41, 5.74) is 10.8. The zero-order chi connectivity index (χ0) is 23.1. The Balaban J connectivity index is 1.35. The summed E-state index contributed by atoms with van der Waals surface area (Å²) in [4.78, 5) is 0. The molecule has 0 aliphatic heterocycles. The predicted molar refractivity (Wildman–Crippen MR) is 142 cm³/mol. The van der Waals surface area contributed by atoms with E-state index < -0.39 is 0 Å². The summed E-state index contributed by atoms with van der Waals surface area (Å²) >= 11 is 0. The van der Waals surface area contributed by atoms with Gasteiger partial charge < -0.3 is 5.32 Å². The van der Waals surface area contributed by atoms with E-state index in [-0.39, 0.29) is 10.8 Å². The third kappa shape index (κ3) is 4.33. The van der Waals surface area contributed by atoms with Crippen LogP contribution in [0.4, 0.5) is 11.4 Å². The second-order valence-corrected chi connectivity index (χ2v) is 10.7. The van der Waals surface area contributed by atoms with Crippen molar-refractivity contribution in [3.8, 4) is 22.3 Å². The van der Waals surface area contributed by atoms with Gasteiger partial charge in [-0.05, 0) is 81.3 Å². The molecule has 1 heteroatoms. The molecule has 0 heterocycles. The molecule has 4 aromatic rings. The van der Waals surface area contributed by atoms with E-state index in [1.807, 2.05) is 0 Å². The highest BCUT2D eigenvalue weighted by molar-refractivity contribution is 5.71. The van der Waals surface area contributed by atoms with Gasteiger partial charge >= 0.3 is 0 Å². The lowest BCUT2D eigenvalue weighted by molar-refractivity contribution is 0.332. The molecule has 1 nitrogen and oxygen atoms in total. The number of hydrogen-bond acceptors (Lipinski definition) is 1. The minimum absolute atomic E-state index is 0.230. The zero-order valence-electron chi connectivity index (χ0n) is 20.2. The fraction of sp³-hybridized carbons (Fsp3) is 0.250. The van der Waals surface area contributed by atoms with Gasteiger partial charge in [0.15, 0.2) is 0 Å². The third-order valence-corrected chi connectivity index (χ3v) is 7.35. The van der Waals surface area contributed by atoms with E-state index >= 15 is 0 Å². The molecule has 0 saturated heterocycles. The lowest BCUT2D eigenvalue weighted by Crippen LogP contribution is -2.33. The Labute approximate surface area is 198 Å². The predicted octanol–water partition coefficient (Wildman–Crippen LogP) is 9.11. The van der Waals surface area contributed by atoms with Crippen molar-refractivity contribution in [2.75, 3.05) is 5.32 Å². The van der Waals surface area contributed by atoms with Crippen molar-refractivity contribution in [1.29, 1.82) is 0 Å². The summed E-state index contributed by atoms with van der Waals surface area (Å²) in [7, 11) is 0. The minimum atomic E-state index is 0.230. The molecule has 33 heavy (non-hydrogen) atoms. The lowest BCUT2D eigenvalue weighted by atomic mass is 9.63. The van der Waals surface area contributed by atoms with E-state index in [1.54, 1.807) is 0 Å². The molecule has 0 atom stereocenters. The van der Waals surface area contributed by atoms with Gasteiger partial charge in [0.2, 0.25) is 0 Å². The first-order valence-electron chi connectivity index (χ1n) is 12.0. The van der Waals surface area contributed by atoms with Gasteiger partial charge in [-0.2, -0.15) is 0 Å². The normalized spacial score (nSPS) is 16.1. The van der Waals surface area contributed by atoms with Gasteiger partial charge in [-0.3, -0.25) is 0 Å². The molecular formula is C32H33N. The topological polar surface area (TPSA) is 12.0 Å². The molecule has 0 bridgehead atoms. The van der Waals surface area contributed by atoms with E-state index in [4.69, 9.17) is 0 Å². The van der Waals surface area contributed by atoms with Crippen LogP contribution in [0.5, 0.6) is 0 Å². The molecule has 4 aromatic carbocycles. The number of hydrogen-bond donors (Lipinski definition) is 1. The van der Waals surface area contributed by atoms with Crippen LogP contribution in [0.25, 0.3) is 22.3 Å². The first-order chi connectivity index (χ1) is 15.8. The molecule has 0 radical (unpaired) electrons. The van der Waals surface area contributed by atoms with Crippen LogP contribution in [0.1, 0.15) is 51.7 Å². The fourth-order valence-corrected chi connectivity index (χ4v) is 5.06. The molecule has 1 aliphatic carbocycles. The van der Waals surface area contributed by atoms with Crippen molar-refractivity contribution in [3.05, 3.63) is 108 Å². The number of anilines is 2. The zero-order valence-corrected chi connectivity index (χ0v) is 20.2. The summed E-state index contributed by atoms with van der Waals surface area (Å²) < 4.78 is 0. The van der Waals surface area contributed by atoms with Gasteiger partial charge in [0.25, 0.3) is 0 Å². The van der Waals surface area contributed by atoms with Crippen molar-refractivity contribution in [2.45, 2.75) is 51.4 Å². The van der Waals surface area contributed by atoms with Crippen molar-refractivity contribution in [1.82, 2.24) is 0 Å². The average molecular weight is 432 g/mol. The maximum Gasteiger partial charge on any atom is 0.0384 e. The molecule has 1 aliphatic rings. The quantitative estimate of drug-likeness (QED) is 0.340. The molecule has 166 valence electrons. The summed E-state index contributed by atoms with van der Waals surface area (Å²) in [6.45, 7) is 9.54. The maximum atomic E-state index is 3.54. The highest BCUT2D eigenvalue weighted by Gasteiger charge is 2.36. The molecule has 5 rings (SSSR count). The van der Waals surface area contributed by atoms with Crippen molar-refractivity contribution < 1.29 is 0 Å². The molecule has 0 spiro atoms. The van der Waals surface area contributed by atoms with E-state index in [9.17, 15) is 0 Å². The van der Waals surface area contributed by atoms with Crippen LogP contribution in [0.15, 0.2) is 97.1 Å². The molecule has 0 saturated carbocycles. The van der Waals surface area contributed by atoms with Gasteiger partial charge in [0.1, 0.15) is 0 Å². The second-order valence-electron chi connectivity index (χ2n) is 10.7. The standard InChI is InChI=1S/C32H33N/c1-31(2)20-21-32(3,4)30-22-26(14-19-29(30)31)25-12-17-28(18-13-25)33-27-15-10-24(11-16-27)23-8-6-5-7-9-23/h5-19,22,33H,20-21H2,1-4H3. The van der Waals surface area contributed by atoms with Crippen LogP contribution in [-0.2, 0) is 10.8 Å². The SMILES string of the molecule is CC1(C)CCC(C)(C)c2cc(-c3ccc(Nc4ccc(-c5ccccc5)cc4)cc3)ccc21. The smallest absolute Gasteiger partial charge is 0.0384 e. The van der Waals surface area contributed by atoms with Gasteiger partial charge in [-0.1, -0.05) is 100 Å². The number of nitrogens with one attached hydrogen (secondary N) is 1.